The highest BCUT2D eigenvalue weighted by Gasteiger charge is 2.46. The number of carbonyl (C=O) groups excluding carboxylic acids is 2. The van der Waals surface area contributed by atoms with Crippen LogP contribution < -0.4 is 15.0 Å². The first-order valence-corrected chi connectivity index (χ1v) is 13.9. The van der Waals surface area contributed by atoms with E-state index in [4.69, 9.17) is 0 Å². The zero-order valence-corrected chi connectivity index (χ0v) is 23.7. The summed E-state index contributed by atoms with van der Waals surface area (Å²) in [5, 5.41) is 15.6. The Morgan fingerprint density at radius 3 is 2.29 bits per heavy atom. The number of anilines is 2. The Kier molecular flexibility index (Phi) is 7.86. The minimum atomic E-state index is -4.79. The number of amides is 3. The minimum Gasteiger partial charge on any atom is -0.406 e. The van der Waals surface area contributed by atoms with E-state index in [1.165, 1.54) is 24.3 Å². The molecule has 2 aromatic carbocycles. The van der Waals surface area contributed by atoms with Crippen LogP contribution in [-0.4, -0.2) is 56.9 Å². The molecule has 2 fully saturated rings. The molecule has 0 radical (unpaired) electrons. The molecule has 5 rings (SSSR count). The predicted octanol–water partition coefficient (Wildman–Crippen LogP) is 6.02. The van der Waals surface area contributed by atoms with Crippen molar-refractivity contribution in [2.24, 2.45) is 16.7 Å². The lowest BCUT2D eigenvalue weighted by atomic mass is 9.63. The summed E-state index contributed by atoms with van der Waals surface area (Å²) < 4.78 is 42.1. The first-order valence-electron chi connectivity index (χ1n) is 13.9. The molecule has 3 aromatic rings. The number of halogens is 3. The fourth-order valence-corrected chi connectivity index (χ4v) is 6.03. The third-order valence-corrected chi connectivity index (χ3v) is 8.33. The molecule has 1 aliphatic heterocycles. The van der Waals surface area contributed by atoms with Crippen molar-refractivity contribution in [2.75, 3.05) is 23.3 Å². The van der Waals surface area contributed by atoms with Crippen molar-refractivity contribution in [2.45, 2.75) is 59.4 Å². The molecule has 0 bridgehead atoms. The number of aromatic amines is 1. The second-order valence-corrected chi connectivity index (χ2v) is 12.3. The highest BCUT2D eigenvalue weighted by Crippen LogP contribution is 2.48. The van der Waals surface area contributed by atoms with Gasteiger partial charge in [0.05, 0.1) is 0 Å². The SMILES string of the molecule is CC(C)(C)C1CCC2(CC1)CN(Cc1ccc(C(=O)Nc3nn[nH]n3)cc1)C(=O)N(c1ccc(OC(F)(F)F)cc1)C2. The first-order chi connectivity index (χ1) is 19.8. The third-order valence-electron chi connectivity index (χ3n) is 8.33. The molecule has 42 heavy (non-hydrogen) atoms. The Bertz CT molecular complexity index is 1380. The standard InChI is InChI=1S/C29H34F3N7O3/c1-27(2,3)21-12-14-28(15-13-21)17-38(16-19-4-6-20(7-5-19)24(40)33-25-34-36-37-35-25)26(41)39(18-28)22-8-10-23(11-9-22)42-29(30,31)32/h4-11,21H,12-18H2,1-3H3,(H2,33,34,35,36,37,40). The Labute approximate surface area is 241 Å². The van der Waals surface area contributed by atoms with Gasteiger partial charge in [0, 0.05) is 36.3 Å². The highest BCUT2D eigenvalue weighted by atomic mass is 19.4. The van der Waals surface area contributed by atoms with E-state index < -0.39 is 12.3 Å². The smallest absolute Gasteiger partial charge is 0.406 e. The molecular weight excluding hydrogens is 551 g/mol. The molecule has 1 aromatic heterocycles. The topological polar surface area (TPSA) is 116 Å². The molecule has 10 nitrogen and oxygen atoms in total. The summed E-state index contributed by atoms with van der Waals surface area (Å²) >= 11 is 0. The Morgan fingerprint density at radius 1 is 1.05 bits per heavy atom. The molecule has 13 heteroatoms. The molecular formula is C29H34F3N7O3. The summed E-state index contributed by atoms with van der Waals surface area (Å²) in [7, 11) is 0. The molecule has 2 heterocycles. The summed E-state index contributed by atoms with van der Waals surface area (Å²) in [5.41, 5.74) is 1.80. The van der Waals surface area contributed by atoms with Gasteiger partial charge in [-0.05, 0) is 84.2 Å². The second kappa shape index (κ2) is 11.3. The van der Waals surface area contributed by atoms with Crippen molar-refractivity contribution in [3.05, 3.63) is 59.7 Å². The van der Waals surface area contributed by atoms with Crippen LogP contribution in [0.1, 0.15) is 62.4 Å². The number of nitrogens with one attached hydrogen (secondary N) is 2. The van der Waals surface area contributed by atoms with E-state index in [1.54, 1.807) is 34.1 Å². The summed E-state index contributed by atoms with van der Waals surface area (Å²) in [6.07, 6.45) is -0.818. The van der Waals surface area contributed by atoms with Crippen LogP contribution in [0.25, 0.3) is 0 Å². The minimum absolute atomic E-state index is 0.0626. The van der Waals surface area contributed by atoms with Gasteiger partial charge in [-0.3, -0.25) is 15.0 Å². The number of benzene rings is 2. The maximum absolute atomic E-state index is 13.8. The number of hydrogen-bond donors (Lipinski definition) is 2. The van der Waals surface area contributed by atoms with Crippen LogP contribution in [0.4, 0.5) is 29.6 Å². The zero-order chi connectivity index (χ0) is 30.1. The molecule has 1 aliphatic carbocycles. The van der Waals surface area contributed by atoms with Crippen LogP contribution in [0.3, 0.4) is 0 Å². The molecule has 2 aliphatic rings. The molecule has 2 N–H and O–H groups in total. The van der Waals surface area contributed by atoms with E-state index in [1.807, 2.05) is 0 Å². The summed E-state index contributed by atoms with van der Waals surface area (Å²) in [4.78, 5) is 29.8. The number of rotatable bonds is 6. The van der Waals surface area contributed by atoms with Gasteiger partial charge in [-0.25, -0.2) is 4.79 Å². The van der Waals surface area contributed by atoms with Crippen molar-refractivity contribution in [1.29, 1.82) is 0 Å². The Morgan fingerprint density at radius 2 is 1.71 bits per heavy atom. The third kappa shape index (κ3) is 6.82. The monoisotopic (exact) mass is 585 g/mol. The van der Waals surface area contributed by atoms with E-state index >= 15 is 0 Å². The van der Waals surface area contributed by atoms with Gasteiger partial charge in [0.15, 0.2) is 0 Å². The van der Waals surface area contributed by atoms with Gasteiger partial charge < -0.3 is 9.64 Å². The van der Waals surface area contributed by atoms with E-state index in [0.717, 1.165) is 31.2 Å². The number of ether oxygens (including phenoxy) is 1. The number of alkyl halides is 3. The average molecular weight is 586 g/mol. The van der Waals surface area contributed by atoms with Gasteiger partial charge in [0.1, 0.15) is 5.75 Å². The fourth-order valence-electron chi connectivity index (χ4n) is 6.03. The second-order valence-electron chi connectivity index (χ2n) is 12.3. The van der Waals surface area contributed by atoms with Crippen LogP contribution in [0.5, 0.6) is 5.75 Å². The van der Waals surface area contributed by atoms with E-state index in [2.05, 4.69) is 51.4 Å². The number of aromatic nitrogens is 4. The molecule has 0 unspecified atom stereocenters. The Balaban J connectivity index is 1.35. The van der Waals surface area contributed by atoms with Crippen molar-refractivity contribution < 1.29 is 27.5 Å². The first kappa shape index (κ1) is 29.3. The zero-order valence-electron chi connectivity index (χ0n) is 23.7. The summed E-state index contributed by atoms with van der Waals surface area (Å²) in [5.74, 6) is -0.0905. The number of H-pyrrole nitrogens is 1. The average Bonchev–Trinajstić information content (AvgIpc) is 3.43. The number of hydrogen-bond acceptors (Lipinski definition) is 6. The highest BCUT2D eigenvalue weighted by molar-refractivity contribution is 6.03. The summed E-state index contributed by atoms with van der Waals surface area (Å²) in [6.45, 7) is 8.17. The lowest BCUT2D eigenvalue weighted by Gasteiger charge is -2.52. The van der Waals surface area contributed by atoms with Crippen molar-refractivity contribution in [3.63, 3.8) is 0 Å². The van der Waals surface area contributed by atoms with Crippen LogP contribution >= 0.6 is 0 Å². The normalized spacial score (nSPS) is 21.5. The number of tetrazole rings is 1. The van der Waals surface area contributed by atoms with Crippen molar-refractivity contribution in [3.8, 4) is 5.75 Å². The molecule has 1 saturated carbocycles. The maximum atomic E-state index is 13.8. The van der Waals surface area contributed by atoms with Crippen LogP contribution in [0.15, 0.2) is 48.5 Å². The predicted molar refractivity (Wildman–Crippen MR) is 149 cm³/mol. The largest absolute Gasteiger partial charge is 0.573 e. The Hall–Kier alpha value is -4.16. The van der Waals surface area contributed by atoms with Gasteiger partial charge in [0.2, 0.25) is 0 Å². The van der Waals surface area contributed by atoms with E-state index in [0.29, 0.717) is 36.8 Å². The van der Waals surface area contributed by atoms with Gasteiger partial charge in [0.25, 0.3) is 11.9 Å². The van der Waals surface area contributed by atoms with Crippen molar-refractivity contribution >= 4 is 23.6 Å². The van der Waals surface area contributed by atoms with Crippen LogP contribution in [0, 0.1) is 16.7 Å². The van der Waals surface area contributed by atoms with Gasteiger partial charge >= 0.3 is 12.4 Å². The molecule has 1 saturated heterocycles. The van der Waals surface area contributed by atoms with E-state index in [-0.39, 0.29) is 28.6 Å². The van der Waals surface area contributed by atoms with Gasteiger partial charge in [-0.15, -0.1) is 18.3 Å². The summed E-state index contributed by atoms with van der Waals surface area (Å²) in [6, 6.07) is 12.2. The lowest BCUT2D eigenvalue weighted by Crippen LogP contribution is -2.59. The molecule has 0 atom stereocenters. The van der Waals surface area contributed by atoms with Crippen LogP contribution in [-0.2, 0) is 6.54 Å². The fraction of sp³-hybridized carbons (Fsp3) is 0.483. The van der Waals surface area contributed by atoms with Crippen LogP contribution in [0.2, 0.25) is 0 Å². The number of urea groups is 1. The lowest BCUT2D eigenvalue weighted by molar-refractivity contribution is -0.274. The molecule has 224 valence electrons. The number of carbonyl (C=O) groups is 2. The maximum Gasteiger partial charge on any atom is 0.573 e. The number of nitrogens with zero attached hydrogens (tertiary/aromatic N) is 5. The molecule has 3 amide bonds. The van der Waals surface area contributed by atoms with E-state index in [9.17, 15) is 22.8 Å². The quantitative estimate of drug-likeness (QED) is 0.366. The van der Waals surface area contributed by atoms with Crippen molar-refractivity contribution in [1.82, 2.24) is 25.5 Å². The molecule has 1 spiro atoms. The van der Waals surface area contributed by atoms with Gasteiger partial charge in [-0.2, -0.15) is 5.21 Å². The van der Waals surface area contributed by atoms with Gasteiger partial charge in [-0.1, -0.05) is 38.0 Å².